The van der Waals surface area contributed by atoms with E-state index >= 15 is 0 Å². The zero-order chi connectivity index (χ0) is 24.8. The molecule has 0 radical (unpaired) electrons. The Bertz CT molecular complexity index is 1030. The minimum Gasteiger partial charge on any atom is -0.480 e. The van der Waals surface area contributed by atoms with Gasteiger partial charge in [0.1, 0.15) is 13.2 Å². The van der Waals surface area contributed by atoms with Crippen LogP contribution in [-0.2, 0) is 14.3 Å². The fourth-order valence-electron chi connectivity index (χ4n) is 5.34. The summed E-state index contributed by atoms with van der Waals surface area (Å²) in [6.07, 6.45) is 3.86. The Balaban J connectivity index is 1.32. The van der Waals surface area contributed by atoms with Gasteiger partial charge in [-0.3, -0.25) is 9.59 Å². The molecule has 7 nitrogen and oxygen atoms in total. The van der Waals surface area contributed by atoms with E-state index in [0.717, 1.165) is 24.0 Å². The van der Waals surface area contributed by atoms with Crippen molar-refractivity contribution in [2.24, 2.45) is 11.8 Å². The largest absolute Gasteiger partial charge is 0.480 e. The average molecular weight is 497 g/mol. The summed E-state index contributed by atoms with van der Waals surface area (Å²) in [6.45, 7) is 0.711. The molecule has 2 atom stereocenters. The Morgan fingerprint density at radius 1 is 1.06 bits per heavy atom. The van der Waals surface area contributed by atoms with Gasteiger partial charge in [0, 0.05) is 30.7 Å². The lowest BCUT2D eigenvalue weighted by molar-refractivity contribution is -0.146. The topological polar surface area (TPSA) is 95.9 Å². The average Bonchev–Trinajstić information content (AvgIpc) is 3.46. The molecule has 1 saturated carbocycles. The number of carbonyl (C=O) groups is 3. The molecule has 8 heteroatoms. The lowest BCUT2D eigenvalue weighted by Crippen LogP contribution is -2.43. The molecule has 186 valence electrons. The fourth-order valence-corrected chi connectivity index (χ4v) is 5.74. The lowest BCUT2D eigenvalue weighted by atomic mass is 9.94. The minimum absolute atomic E-state index is 0.00466. The first-order chi connectivity index (χ1) is 17.0. The fraction of sp³-hybridized carbons (Fsp3) is 0.444. The molecular weight excluding hydrogens is 464 g/mol. The number of rotatable bonds is 10. The third kappa shape index (κ3) is 5.81. The molecule has 2 aromatic carbocycles. The van der Waals surface area contributed by atoms with Gasteiger partial charge in [0.15, 0.2) is 0 Å². The highest BCUT2D eigenvalue weighted by atomic mass is 32.2. The van der Waals surface area contributed by atoms with Gasteiger partial charge in [0.2, 0.25) is 5.91 Å². The van der Waals surface area contributed by atoms with Crippen molar-refractivity contribution in [2.45, 2.75) is 25.2 Å². The van der Waals surface area contributed by atoms with E-state index in [0.29, 0.717) is 25.3 Å². The third-order valence-electron chi connectivity index (χ3n) is 7.03. The second-order valence-electron chi connectivity index (χ2n) is 9.15. The number of ether oxygens (including phenoxy) is 1. The van der Waals surface area contributed by atoms with E-state index < -0.39 is 12.1 Å². The molecule has 2 aromatic rings. The number of carbonyl (C=O) groups excluding carboxylic acids is 2. The van der Waals surface area contributed by atoms with Crippen LogP contribution in [0.2, 0.25) is 0 Å². The summed E-state index contributed by atoms with van der Waals surface area (Å²) >= 11 is 1.58. The maximum Gasteiger partial charge on any atom is 0.407 e. The highest BCUT2D eigenvalue weighted by Crippen LogP contribution is 2.44. The van der Waals surface area contributed by atoms with Crippen molar-refractivity contribution in [3.63, 3.8) is 0 Å². The molecule has 35 heavy (non-hydrogen) atoms. The number of carboxylic acids is 1. The number of thioether (sulfide) groups is 1. The molecule has 0 bridgehead atoms. The Labute approximate surface area is 210 Å². The number of amides is 2. The highest BCUT2D eigenvalue weighted by molar-refractivity contribution is 7.98. The quantitative estimate of drug-likeness (QED) is 0.511. The number of alkyl carbamates (subject to hydrolysis) is 1. The van der Waals surface area contributed by atoms with Crippen molar-refractivity contribution >= 4 is 29.7 Å². The molecule has 4 rings (SSSR count). The van der Waals surface area contributed by atoms with Crippen molar-refractivity contribution < 1.29 is 24.2 Å². The molecule has 1 fully saturated rings. The van der Waals surface area contributed by atoms with Gasteiger partial charge in [0.25, 0.3) is 0 Å². The van der Waals surface area contributed by atoms with Crippen molar-refractivity contribution in [3.8, 4) is 11.1 Å². The third-order valence-corrected chi connectivity index (χ3v) is 7.62. The van der Waals surface area contributed by atoms with E-state index in [1.807, 2.05) is 30.5 Å². The highest BCUT2D eigenvalue weighted by Gasteiger charge is 2.36. The van der Waals surface area contributed by atoms with E-state index in [9.17, 15) is 19.5 Å². The zero-order valence-corrected chi connectivity index (χ0v) is 20.8. The number of nitrogens with zero attached hydrogens (tertiary/aromatic N) is 1. The zero-order valence-electron chi connectivity index (χ0n) is 19.9. The first-order valence-electron chi connectivity index (χ1n) is 12.1. The first kappa shape index (κ1) is 25.1. The number of carboxylic acid groups (broad SMARTS) is 1. The van der Waals surface area contributed by atoms with Gasteiger partial charge in [-0.05, 0) is 47.3 Å². The summed E-state index contributed by atoms with van der Waals surface area (Å²) in [7, 11) is 0. The maximum atomic E-state index is 13.1. The van der Waals surface area contributed by atoms with Crippen LogP contribution in [0.5, 0.6) is 0 Å². The van der Waals surface area contributed by atoms with Crippen LogP contribution in [0, 0.1) is 11.8 Å². The van der Waals surface area contributed by atoms with Gasteiger partial charge in [-0.15, -0.1) is 0 Å². The number of benzene rings is 2. The number of hydrogen-bond acceptors (Lipinski definition) is 5. The Morgan fingerprint density at radius 3 is 2.34 bits per heavy atom. The monoisotopic (exact) mass is 496 g/mol. The van der Waals surface area contributed by atoms with Crippen LogP contribution in [-0.4, -0.2) is 66.2 Å². The van der Waals surface area contributed by atoms with Gasteiger partial charge >= 0.3 is 12.1 Å². The van der Waals surface area contributed by atoms with E-state index in [2.05, 4.69) is 29.6 Å². The molecule has 2 amide bonds. The van der Waals surface area contributed by atoms with Crippen LogP contribution in [0.3, 0.4) is 0 Å². The number of aliphatic carboxylic acids is 1. The number of hydrogen-bond donors (Lipinski definition) is 2. The molecule has 2 aliphatic carbocycles. The molecule has 0 unspecified atom stereocenters. The predicted octanol–water partition coefficient (Wildman–Crippen LogP) is 4.22. The summed E-state index contributed by atoms with van der Waals surface area (Å²) in [6, 6.07) is 16.4. The first-order valence-corrected chi connectivity index (χ1v) is 13.5. The van der Waals surface area contributed by atoms with E-state index in [-0.39, 0.29) is 36.8 Å². The Kier molecular flexibility index (Phi) is 8.33. The van der Waals surface area contributed by atoms with Crippen LogP contribution in [0.1, 0.15) is 36.3 Å². The second kappa shape index (κ2) is 11.6. The van der Waals surface area contributed by atoms with E-state index in [4.69, 9.17) is 4.74 Å². The second-order valence-corrected chi connectivity index (χ2v) is 10.1. The molecule has 2 aliphatic rings. The van der Waals surface area contributed by atoms with Crippen molar-refractivity contribution in [1.82, 2.24) is 10.2 Å². The van der Waals surface area contributed by atoms with Gasteiger partial charge in [-0.1, -0.05) is 55.0 Å². The van der Waals surface area contributed by atoms with Gasteiger partial charge in [-0.2, -0.15) is 11.8 Å². The van der Waals surface area contributed by atoms with Crippen molar-refractivity contribution in [2.75, 3.05) is 38.2 Å². The summed E-state index contributed by atoms with van der Waals surface area (Å²) in [5.41, 5.74) is 4.67. The molecule has 0 aromatic heterocycles. The smallest absolute Gasteiger partial charge is 0.407 e. The molecule has 2 N–H and O–H groups in total. The standard InChI is InChI=1S/C27H32N2O5S/c1-35-14-13-29(16-25(30)31)26(32)19-12-6-7-18(19)15-28-27(33)34-17-24-22-10-4-2-8-20(22)21-9-3-5-11-23(21)24/h2-5,8-11,18-19,24H,6-7,12-17H2,1H3,(H,28,33)(H,30,31)/t18-,19-/m1/s1. The van der Waals surface area contributed by atoms with Crippen molar-refractivity contribution in [1.29, 1.82) is 0 Å². The van der Waals surface area contributed by atoms with Gasteiger partial charge < -0.3 is 20.1 Å². The number of nitrogens with one attached hydrogen (secondary N) is 1. The molecule has 0 spiro atoms. The molecule has 0 saturated heterocycles. The number of fused-ring (bicyclic) bond motifs is 3. The van der Waals surface area contributed by atoms with Crippen molar-refractivity contribution in [3.05, 3.63) is 59.7 Å². The summed E-state index contributed by atoms with van der Waals surface area (Å²) in [5, 5.41) is 12.1. The van der Waals surface area contributed by atoms with Gasteiger partial charge in [0.05, 0.1) is 0 Å². The van der Waals surface area contributed by atoms with Crippen LogP contribution >= 0.6 is 11.8 Å². The lowest BCUT2D eigenvalue weighted by Gasteiger charge is -2.27. The maximum absolute atomic E-state index is 13.1. The Hall–Kier alpha value is -3.00. The van der Waals surface area contributed by atoms with Crippen LogP contribution in [0.25, 0.3) is 11.1 Å². The summed E-state index contributed by atoms with van der Waals surface area (Å²) in [5.74, 6) is -0.744. The van der Waals surface area contributed by atoms with E-state index in [1.165, 1.54) is 16.0 Å². The molecule has 0 heterocycles. The van der Waals surface area contributed by atoms with Crippen LogP contribution in [0.4, 0.5) is 4.79 Å². The Morgan fingerprint density at radius 2 is 1.71 bits per heavy atom. The van der Waals surface area contributed by atoms with E-state index in [1.54, 1.807) is 11.8 Å². The molecular formula is C27H32N2O5S. The van der Waals surface area contributed by atoms with Crippen LogP contribution < -0.4 is 5.32 Å². The summed E-state index contributed by atoms with van der Waals surface area (Å²) < 4.78 is 5.62. The SMILES string of the molecule is CSCCN(CC(=O)O)C(=O)[C@@H]1CCC[C@@H]1CNC(=O)OCC1c2ccccc2-c2ccccc21. The summed E-state index contributed by atoms with van der Waals surface area (Å²) in [4.78, 5) is 38.3. The normalized spacial score (nSPS) is 18.5. The van der Waals surface area contributed by atoms with Crippen LogP contribution in [0.15, 0.2) is 48.5 Å². The minimum atomic E-state index is -1.01. The van der Waals surface area contributed by atoms with Gasteiger partial charge in [-0.25, -0.2) is 4.79 Å². The molecule has 0 aliphatic heterocycles. The predicted molar refractivity (Wildman–Crippen MR) is 137 cm³/mol.